The summed E-state index contributed by atoms with van der Waals surface area (Å²) in [5.74, 6) is -0.326. The van der Waals surface area contributed by atoms with Crippen LogP contribution in [0.4, 0.5) is 0 Å². The summed E-state index contributed by atoms with van der Waals surface area (Å²) < 4.78 is 26.9. The molecule has 0 bridgehead atoms. The van der Waals surface area contributed by atoms with Crippen molar-refractivity contribution in [1.82, 2.24) is 10.0 Å². The Morgan fingerprint density at radius 1 is 1.05 bits per heavy atom. The highest BCUT2D eigenvalue weighted by molar-refractivity contribution is 7.89. The second-order valence-electron chi connectivity index (χ2n) is 5.75. The number of carbonyl (C=O) groups is 1. The van der Waals surface area contributed by atoms with E-state index in [1.54, 1.807) is 24.3 Å². The van der Waals surface area contributed by atoms with E-state index in [1.165, 1.54) is 12.8 Å². The predicted octanol–water partition coefficient (Wildman–Crippen LogP) is 2.06. The molecule has 0 atom stereocenters. The second kappa shape index (κ2) is 8.29. The molecule has 1 aromatic rings. The van der Waals surface area contributed by atoms with Crippen LogP contribution in [0.2, 0.25) is 0 Å². The number of carbonyl (C=O) groups excluding carboxylic acids is 1. The van der Waals surface area contributed by atoms with E-state index in [9.17, 15) is 13.2 Å². The van der Waals surface area contributed by atoms with Crippen molar-refractivity contribution in [3.05, 3.63) is 35.9 Å². The van der Waals surface area contributed by atoms with E-state index in [0.717, 1.165) is 25.7 Å². The number of amides is 1. The lowest BCUT2D eigenvalue weighted by Gasteiger charge is -2.16. The summed E-state index contributed by atoms with van der Waals surface area (Å²) in [5.41, 5.74) is 0.539. The molecule has 22 heavy (non-hydrogen) atoms. The zero-order valence-electron chi connectivity index (χ0n) is 12.8. The van der Waals surface area contributed by atoms with Gasteiger partial charge in [0.15, 0.2) is 0 Å². The van der Waals surface area contributed by atoms with Crippen molar-refractivity contribution in [2.24, 2.45) is 0 Å². The first-order chi connectivity index (χ1) is 10.6. The Kier molecular flexibility index (Phi) is 6.39. The monoisotopic (exact) mass is 324 g/mol. The van der Waals surface area contributed by atoms with Crippen LogP contribution in [0.3, 0.4) is 0 Å². The minimum Gasteiger partial charge on any atom is -0.351 e. The number of nitrogens with one attached hydrogen (secondary N) is 2. The molecule has 6 heteroatoms. The van der Waals surface area contributed by atoms with Gasteiger partial charge in [0.05, 0.1) is 5.75 Å². The van der Waals surface area contributed by atoms with Gasteiger partial charge in [0.1, 0.15) is 0 Å². The smallest absolute Gasteiger partial charge is 0.251 e. The van der Waals surface area contributed by atoms with E-state index in [1.807, 2.05) is 6.07 Å². The van der Waals surface area contributed by atoms with Gasteiger partial charge in [-0.15, -0.1) is 0 Å². The molecule has 2 rings (SSSR count). The van der Waals surface area contributed by atoms with E-state index in [4.69, 9.17) is 0 Å². The van der Waals surface area contributed by atoms with Gasteiger partial charge < -0.3 is 5.32 Å². The summed E-state index contributed by atoms with van der Waals surface area (Å²) in [7, 11) is -3.34. The molecule has 1 amide bonds. The Morgan fingerprint density at radius 2 is 1.68 bits per heavy atom. The van der Waals surface area contributed by atoms with Crippen molar-refractivity contribution >= 4 is 15.9 Å². The lowest BCUT2D eigenvalue weighted by atomic mass is 10.1. The first kappa shape index (κ1) is 17.0. The highest BCUT2D eigenvalue weighted by Crippen LogP contribution is 2.17. The van der Waals surface area contributed by atoms with Gasteiger partial charge in [0.25, 0.3) is 5.91 Å². The van der Waals surface area contributed by atoms with Gasteiger partial charge in [-0.05, 0) is 25.0 Å². The van der Waals surface area contributed by atoms with Gasteiger partial charge in [-0.2, -0.15) is 0 Å². The van der Waals surface area contributed by atoms with E-state index < -0.39 is 10.0 Å². The highest BCUT2D eigenvalue weighted by atomic mass is 32.2. The zero-order chi connectivity index (χ0) is 15.8. The summed E-state index contributed by atoms with van der Waals surface area (Å²) in [6, 6.07) is 8.84. The molecule has 0 heterocycles. The fraction of sp³-hybridized carbons (Fsp3) is 0.562. The summed E-state index contributed by atoms with van der Waals surface area (Å²) in [6.07, 6.45) is 6.36. The molecule has 1 aliphatic rings. The van der Waals surface area contributed by atoms with Crippen molar-refractivity contribution in [3.63, 3.8) is 0 Å². The lowest BCUT2D eigenvalue weighted by molar-refractivity contribution is 0.0956. The number of rotatable bonds is 6. The fourth-order valence-corrected chi connectivity index (χ4v) is 3.93. The summed E-state index contributed by atoms with van der Waals surface area (Å²) >= 11 is 0. The Hall–Kier alpha value is -1.40. The Balaban J connectivity index is 1.76. The van der Waals surface area contributed by atoms with Gasteiger partial charge >= 0.3 is 0 Å². The quantitative estimate of drug-likeness (QED) is 0.787. The molecule has 0 unspecified atom stereocenters. The first-order valence-electron chi connectivity index (χ1n) is 7.90. The largest absolute Gasteiger partial charge is 0.351 e. The van der Waals surface area contributed by atoms with Crippen LogP contribution in [0, 0.1) is 0 Å². The average molecular weight is 324 g/mol. The minimum absolute atomic E-state index is 0.0531. The molecule has 5 nitrogen and oxygen atoms in total. The molecule has 0 aliphatic heterocycles. The normalized spacial score (nSPS) is 16.9. The Morgan fingerprint density at radius 3 is 2.32 bits per heavy atom. The predicted molar refractivity (Wildman–Crippen MR) is 87.2 cm³/mol. The van der Waals surface area contributed by atoms with Crippen molar-refractivity contribution in [1.29, 1.82) is 0 Å². The van der Waals surface area contributed by atoms with Gasteiger partial charge in [-0.1, -0.05) is 43.9 Å². The van der Waals surface area contributed by atoms with Crippen LogP contribution in [0.25, 0.3) is 0 Å². The third-order valence-corrected chi connectivity index (χ3v) is 5.33. The average Bonchev–Trinajstić information content (AvgIpc) is 2.76. The summed E-state index contributed by atoms with van der Waals surface area (Å²) in [4.78, 5) is 11.8. The molecule has 1 aromatic carbocycles. The zero-order valence-corrected chi connectivity index (χ0v) is 13.6. The van der Waals surface area contributed by atoms with Crippen LogP contribution in [0.5, 0.6) is 0 Å². The van der Waals surface area contributed by atoms with Crippen molar-refractivity contribution in [2.45, 2.75) is 44.6 Å². The van der Waals surface area contributed by atoms with Crippen LogP contribution in [-0.2, 0) is 10.0 Å². The number of benzene rings is 1. The topological polar surface area (TPSA) is 75.3 Å². The second-order valence-corrected chi connectivity index (χ2v) is 7.62. The van der Waals surface area contributed by atoms with Gasteiger partial charge in [0.2, 0.25) is 10.0 Å². The number of hydrogen-bond donors (Lipinski definition) is 2. The molecular weight excluding hydrogens is 300 g/mol. The van der Waals surface area contributed by atoms with Crippen LogP contribution < -0.4 is 10.0 Å². The lowest BCUT2D eigenvalue weighted by Crippen LogP contribution is -2.39. The maximum Gasteiger partial charge on any atom is 0.251 e. The third-order valence-electron chi connectivity index (χ3n) is 3.89. The van der Waals surface area contributed by atoms with Crippen molar-refractivity contribution in [2.75, 3.05) is 12.3 Å². The maximum atomic E-state index is 12.1. The molecule has 1 fully saturated rings. The van der Waals surface area contributed by atoms with Gasteiger partial charge in [0, 0.05) is 18.2 Å². The molecule has 0 spiro atoms. The van der Waals surface area contributed by atoms with Crippen LogP contribution in [-0.4, -0.2) is 32.7 Å². The van der Waals surface area contributed by atoms with Crippen molar-refractivity contribution < 1.29 is 13.2 Å². The molecule has 0 saturated heterocycles. The molecular formula is C16H24N2O3S. The van der Waals surface area contributed by atoms with E-state index in [-0.39, 0.29) is 24.2 Å². The van der Waals surface area contributed by atoms with Crippen LogP contribution in [0.15, 0.2) is 30.3 Å². The number of hydrogen-bond acceptors (Lipinski definition) is 3. The minimum atomic E-state index is -3.34. The Labute approximate surface area is 132 Å². The van der Waals surface area contributed by atoms with Crippen LogP contribution in [0.1, 0.15) is 48.9 Å². The van der Waals surface area contributed by atoms with E-state index >= 15 is 0 Å². The highest BCUT2D eigenvalue weighted by Gasteiger charge is 2.19. The maximum absolute atomic E-state index is 12.1. The SMILES string of the molecule is O=C(NCCS(=O)(=O)NC1CCCCCC1)c1ccccc1. The van der Waals surface area contributed by atoms with Crippen molar-refractivity contribution in [3.8, 4) is 0 Å². The number of sulfonamides is 1. The van der Waals surface area contributed by atoms with E-state index in [2.05, 4.69) is 10.0 Å². The Bertz CT molecular complexity index is 564. The van der Waals surface area contributed by atoms with E-state index in [0.29, 0.717) is 5.56 Å². The molecule has 2 N–H and O–H groups in total. The molecule has 1 aliphatic carbocycles. The molecule has 1 saturated carbocycles. The molecule has 0 aromatic heterocycles. The first-order valence-corrected chi connectivity index (χ1v) is 9.55. The van der Waals surface area contributed by atoms with Gasteiger partial charge in [-0.25, -0.2) is 13.1 Å². The van der Waals surface area contributed by atoms with Crippen LogP contribution >= 0.6 is 0 Å². The molecule has 122 valence electrons. The third kappa shape index (κ3) is 5.77. The summed E-state index contributed by atoms with van der Waals surface area (Å²) in [5, 5.41) is 2.65. The molecule has 0 radical (unpaired) electrons. The fourth-order valence-electron chi connectivity index (χ4n) is 2.70. The van der Waals surface area contributed by atoms with Gasteiger partial charge in [-0.3, -0.25) is 4.79 Å². The summed E-state index contributed by atoms with van der Waals surface area (Å²) in [6.45, 7) is 0.121. The standard InChI is InChI=1S/C16H24N2O3S/c19-16(14-8-4-3-5-9-14)17-12-13-22(20,21)18-15-10-6-1-2-7-11-15/h3-5,8-9,15,18H,1-2,6-7,10-13H2,(H,17,19).